The smallest absolute Gasteiger partial charge is 0.239 e. The standard InChI is InChI=1S/C7H14N2O2/c8-6-2-4-9(7(6)11)3-1-5-10/h6,10H,1-5,8H2. The lowest BCUT2D eigenvalue weighted by Crippen LogP contribution is -2.34. The highest BCUT2D eigenvalue weighted by molar-refractivity contribution is 5.83. The molecule has 0 aromatic heterocycles. The average molecular weight is 158 g/mol. The number of nitrogens with zero attached hydrogens (tertiary/aromatic N) is 1. The highest BCUT2D eigenvalue weighted by atomic mass is 16.3. The summed E-state index contributed by atoms with van der Waals surface area (Å²) in [6, 6.07) is -0.298. The van der Waals surface area contributed by atoms with Gasteiger partial charge in [-0.05, 0) is 12.8 Å². The molecule has 0 aromatic rings. The van der Waals surface area contributed by atoms with Crippen LogP contribution in [0.3, 0.4) is 0 Å². The van der Waals surface area contributed by atoms with E-state index in [-0.39, 0.29) is 18.6 Å². The van der Waals surface area contributed by atoms with Crippen LogP contribution in [0, 0.1) is 0 Å². The zero-order valence-electron chi connectivity index (χ0n) is 6.49. The zero-order valence-corrected chi connectivity index (χ0v) is 6.49. The summed E-state index contributed by atoms with van der Waals surface area (Å²) < 4.78 is 0. The van der Waals surface area contributed by atoms with Gasteiger partial charge in [-0.15, -0.1) is 0 Å². The maximum Gasteiger partial charge on any atom is 0.239 e. The van der Waals surface area contributed by atoms with Gasteiger partial charge in [0.25, 0.3) is 0 Å². The molecule has 1 amide bonds. The molecule has 1 aliphatic heterocycles. The second-order valence-corrected chi connectivity index (χ2v) is 2.80. The molecule has 4 nitrogen and oxygen atoms in total. The first-order chi connectivity index (χ1) is 5.25. The van der Waals surface area contributed by atoms with Crippen LogP contribution in [0.2, 0.25) is 0 Å². The van der Waals surface area contributed by atoms with E-state index < -0.39 is 0 Å². The third-order valence-corrected chi connectivity index (χ3v) is 1.93. The van der Waals surface area contributed by atoms with Crippen molar-refractivity contribution in [2.75, 3.05) is 19.7 Å². The summed E-state index contributed by atoms with van der Waals surface area (Å²) >= 11 is 0. The van der Waals surface area contributed by atoms with Gasteiger partial charge < -0.3 is 15.7 Å². The lowest BCUT2D eigenvalue weighted by Gasteiger charge is -2.14. The largest absolute Gasteiger partial charge is 0.396 e. The van der Waals surface area contributed by atoms with Crippen LogP contribution in [-0.4, -0.2) is 41.7 Å². The van der Waals surface area contributed by atoms with E-state index in [9.17, 15) is 4.79 Å². The van der Waals surface area contributed by atoms with Crippen LogP contribution in [0.5, 0.6) is 0 Å². The van der Waals surface area contributed by atoms with Crippen molar-refractivity contribution in [2.24, 2.45) is 5.73 Å². The van der Waals surface area contributed by atoms with E-state index in [4.69, 9.17) is 10.8 Å². The monoisotopic (exact) mass is 158 g/mol. The SMILES string of the molecule is NC1CCN(CCCO)C1=O. The van der Waals surface area contributed by atoms with E-state index in [2.05, 4.69) is 0 Å². The first-order valence-electron chi connectivity index (χ1n) is 3.91. The van der Waals surface area contributed by atoms with Crippen molar-refractivity contribution in [3.8, 4) is 0 Å². The maximum atomic E-state index is 11.1. The maximum absolute atomic E-state index is 11.1. The minimum absolute atomic E-state index is 0.0263. The van der Waals surface area contributed by atoms with Crippen LogP contribution in [0.4, 0.5) is 0 Å². The molecule has 0 aliphatic carbocycles. The van der Waals surface area contributed by atoms with Gasteiger partial charge >= 0.3 is 0 Å². The van der Waals surface area contributed by atoms with E-state index in [0.717, 1.165) is 13.0 Å². The van der Waals surface area contributed by atoms with Crippen LogP contribution in [0.15, 0.2) is 0 Å². The summed E-state index contributed by atoms with van der Waals surface area (Å²) in [5, 5.41) is 8.51. The Morgan fingerprint density at radius 1 is 1.73 bits per heavy atom. The molecule has 1 saturated heterocycles. The number of carbonyl (C=O) groups is 1. The summed E-state index contributed by atoms with van der Waals surface area (Å²) in [5.41, 5.74) is 5.49. The van der Waals surface area contributed by atoms with Crippen molar-refractivity contribution in [1.29, 1.82) is 0 Å². The minimum Gasteiger partial charge on any atom is -0.396 e. The van der Waals surface area contributed by atoms with Crippen LogP contribution in [0.1, 0.15) is 12.8 Å². The lowest BCUT2D eigenvalue weighted by atomic mass is 10.3. The molecule has 0 radical (unpaired) electrons. The van der Waals surface area contributed by atoms with Gasteiger partial charge in [0.2, 0.25) is 5.91 Å². The van der Waals surface area contributed by atoms with E-state index >= 15 is 0 Å². The number of rotatable bonds is 3. The van der Waals surface area contributed by atoms with Crippen molar-refractivity contribution in [3.63, 3.8) is 0 Å². The number of amides is 1. The molecular weight excluding hydrogens is 144 g/mol. The Morgan fingerprint density at radius 3 is 2.91 bits per heavy atom. The van der Waals surface area contributed by atoms with Crippen molar-refractivity contribution in [3.05, 3.63) is 0 Å². The van der Waals surface area contributed by atoms with E-state index in [1.807, 2.05) is 0 Å². The van der Waals surface area contributed by atoms with Gasteiger partial charge in [-0.25, -0.2) is 0 Å². The molecule has 4 heteroatoms. The summed E-state index contributed by atoms with van der Waals surface area (Å²) in [6.07, 6.45) is 1.41. The van der Waals surface area contributed by atoms with Crippen molar-refractivity contribution in [1.82, 2.24) is 4.90 Å². The molecule has 1 atom stereocenters. The van der Waals surface area contributed by atoms with Crippen molar-refractivity contribution < 1.29 is 9.90 Å². The number of hydrogen-bond donors (Lipinski definition) is 2. The Hall–Kier alpha value is -0.610. The topological polar surface area (TPSA) is 66.6 Å². The number of nitrogens with two attached hydrogens (primary N) is 1. The molecule has 1 rings (SSSR count). The molecule has 1 aliphatic rings. The first kappa shape index (κ1) is 8.49. The van der Waals surface area contributed by atoms with Gasteiger partial charge in [0.05, 0.1) is 6.04 Å². The van der Waals surface area contributed by atoms with Gasteiger partial charge in [-0.3, -0.25) is 4.79 Å². The molecule has 11 heavy (non-hydrogen) atoms. The molecular formula is C7H14N2O2. The fraction of sp³-hybridized carbons (Fsp3) is 0.857. The van der Waals surface area contributed by atoms with Crippen LogP contribution >= 0.6 is 0 Å². The third-order valence-electron chi connectivity index (χ3n) is 1.93. The van der Waals surface area contributed by atoms with Crippen molar-refractivity contribution in [2.45, 2.75) is 18.9 Å². The second-order valence-electron chi connectivity index (χ2n) is 2.80. The molecule has 0 bridgehead atoms. The third kappa shape index (κ3) is 1.91. The van der Waals surface area contributed by atoms with Gasteiger partial charge in [-0.1, -0.05) is 0 Å². The number of carbonyl (C=O) groups excluding carboxylic acids is 1. The molecule has 1 heterocycles. The highest BCUT2D eigenvalue weighted by Gasteiger charge is 2.27. The first-order valence-corrected chi connectivity index (χ1v) is 3.91. The zero-order chi connectivity index (χ0) is 8.27. The van der Waals surface area contributed by atoms with Crippen LogP contribution in [-0.2, 0) is 4.79 Å². The molecule has 1 fully saturated rings. The van der Waals surface area contributed by atoms with E-state index in [0.29, 0.717) is 13.0 Å². The number of aliphatic hydroxyl groups excluding tert-OH is 1. The Kier molecular flexibility index (Phi) is 2.84. The van der Waals surface area contributed by atoms with Gasteiger partial charge in [-0.2, -0.15) is 0 Å². The molecule has 0 spiro atoms. The predicted octanol–water partition coefficient (Wildman–Crippen LogP) is -1.07. The molecule has 1 unspecified atom stereocenters. The van der Waals surface area contributed by atoms with E-state index in [1.54, 1.807) is 4.90 Å². The highest BCUT2D eigenvalue weighted by Crippen LogP contribution is 2.08. The minimum atomic E-state index is -0.298. The second kappa shape index (κ2) is 3.69. The summed E-state index contributed by atoms with van der Waals surface area (Å²) in [6.45, 7) is 1.53. The molecule has 0 saturated carbocycles. The Morgan fingerprint density at radius 2 is 2.45 bits per heavy atom. The Labute approximate surface area is 66.0 Å². The average Bonchev–Trinajstić information content (AvgIpc) is 2.31. The van der Waals surface area contributed by atoms with Crippen LogP contribution in [0.25, 0.3) is 0 Å². The lowest BCUT2D eigenvalue weighted by molar-refractivity contribution is -0.128. The number of hydrogen-bond acceptors (Lipinski definition) is 3. The molecule has 64 valence electrons. The summed E-state index contributed by atoms with van der Waals surface area (Å²) in [5.74, 6) is 0.0263. The van der Waals surface area contributed by atoms with Crippen LogP contribution < -0.4 is 5.73 Å². The normalized spacial score (nSPS) is 24.7. The quantitative estimate of drug-likeness (QED) is 0.549. The number of aliphatic hydroxyl groups is 1. The molecule has 3 N–H and O–H groups in total. The summed E-state index contributed by atoms with van der Waals surface area (Å²) in [4.78, 5) is 12.8. The fourth-order valence-electron chi connectivity index (χ4n) is 1.25. The van der Waals surface area contributed by atoms with E-state index in [1.165, 1.54) is 0 Å². The Bertz CT molecular complexity index is 149. The molecule has 0 aromatic carbocycles. The van der Waals surface area contributed by atoms with Gasteiger partial charge in [0.15, 0.2) is 0 Å². The Balaban J connectivity index is 2.30. The van der Waals surface area contributed by atoms with Gasteiger partial charge in [0, 0.05) is 19.7 Å². The fourth-order valence-corrected chi connectivity index (χ4v) is 1.25. The predicted molar refractivity (Wildman–Crippen MR) is 40.9 cm³/mol. The van der Waals surface area contributed by atoms with Crippen molar-refractivity contribution >= 4 is 5.91 Å². The number of likely N-dealkylation sites (tertiary alicyclic amines) is 1. The van der Waals surface area contributed by atoms with Gasteiger partial charge in [0.1, 0.15) is 0 Å². The summed E-state index contributed by atoms with van der Waals surface area (Å²) in [7, 11) is 0.